The third kappa shape index (κ3) is 2.44. The second-order valence-corrected chi connectivity index (χ2v) is 4.73. The highest BCUT2D eigenvalue weighted by Crippen LogP contribution is 2.22. The van der Waals surface area contributed by atoms with Crippen LogP contribution in [0.2, 0.25) is 5.02 Å². The van der Waals surface area contributed by atoms with Gasteiger partial charge in [0.1, 0.15) is 0 Å². The zero-order valence-electron chi connectivity index (χ0n) is 10.9. The van der Waals surface area contributed by atoms with Crippen LogP contribution >= 0.6 is 11.6 Å². The minimum atomic E-state index is 0.656. The second kappa shape index (κ2) is 5.59. The molecule has 2 rings (SSSR count). The van der Waals surface area contributed by atoms with E-state index in [0.717, 1.165) is 35.8 Å². The number of aromatic nitrogens is 3. The maximum Gasteiger partial charge on any atom is 0.0868 e. The molecule has 98 valence electrons. The van der Waals surface area contributed by atoms with Crippen LogP contribution in [0.1, 0.15) is 24.0 Å². The third-order valence-corrected chi connectivity index (χ3v) is 3.58. The molecule has 0 aromatic carbocycles. The van der Waals surface area contributed by atoms with E-state index in [-0.39, 0.29) is 0 Å². The fraction of sp³-hybridized carbons (Fsp3) is 0.462. The van der Waals surface area contributed by atoms with Crippen molar-refractivity contribution in [3.05, 3.63) is 40.4 Å². The highest BCUT2D eigenvalue weighted by atomic mass is 35.5. The van der Waals surface area contributed by atoms with Crippen molar-refractivity contribution in [2.45, 2.75) is 26.3 Å². The van der Waals surface area contributed by atoms with E-state index >= 15 is 0 Å². The summed E-state index contributed by atoms with van der Waals surface area (Å²) in [4.78, 5) is 0. The van der Waals surface area contributed by atoms with Gasteiger partial charge in [-0.2, -0.15) is 5.10 Å². The van der Waals surface area contributed by atoms with Gasteiger partial charge in [-0.1, -0.05) is 18.5 Å². The topological polar surface area (TPSA) is 48.8 Å². The van der Waals surface area contributed by atoms with Gasteiger partial charge < -0.3 is 10.3 Å². The van der Waals surface area contributed by atoms with E-state index in [0.29, 0.717) is 6.54 Å². The number of nitrogens with two attached hydrogens (primary N) is 1. The molecule has 0 fully saturated rings. The van der Waals surface area contributed by atoms with E-state index in [1.807, 2.05) is 17.8 Å². The van der Waals surface area contributed by atoms with Crippen LogP contribution in [0, 0.1) is 0 Å². The third-order valence-electron chi connectivity index (χ3n) is 3.15. The lowest BCUT2D eigenvalue weighted by atomic mass is 10.3. The molecule has 0 unspecified atom stereocenters. The predicted molar refractivity (Wildman–Crippen MR) is 73.9 cm³/mol. The molecule has 0 spiro atoms. The Bertz CT molecular complexity index is 527. The Labute approximate surface area is 112 Å². The number of hydrogen-bond acceptors (Lipinski definition) is 2. The van der Waals surface area contributed by atoms with Crippen LogP contribution in [0.5, 0.6) is 0 Å². The number of hydrogen-bond donors (Lipinski definition) is 1. The van der Waals surface area contributed by atoms with Crippen LogP contribution in [0.3, 0.4) is 0 Å². The van der Waals surface area contributed by atoms with Gasteiger partial charge in [-0.3, -0.25) is 4.68 Å². The van der Waals surface area contributed by atoms with Gasteiger partial charge in [0.25, 0.3) is 0 Å². The van der Waals surface area contributed by atoms with Crippen LogP contribution in [0.25, 0.3) is 0 Å². The van der Waals surface area contributed by atoms with E-state index in [1.54, 1.807) is 0 Å². The number of nitrogens with zero attached hydrogens (tertiary/aromatic N) is 3. The molecule has 0 amide bonds. The predicted octanol–water partition coefficient (Wildman–Crippen LogP) is 1.99. The molecule has 0 bridgehead atoms. The molecule has 0 saturated carbocycles. The normalized spacial score (nSPS) is 11.1. The van der Waals surface area contributed by atoms with E-state index in [4.69, 9.17) is 17.3 Å². The molecule has 2 heterocycles. The molecule has 0 aliphatic heterocycles. The van der Waals surface area contributed by atoms with Crippen molar-refractivity contribution in [2.75, 3.05) is 6.54 Å². The zero-order valence-corrected chi connectivity index (χ0v) is 11.6. The van der Waals surface area contributed by atoms with Gasteiger partial charge in [0.15, 0.2) is 0 Å². The molecule has 2 N–H and O–H groups in total. The van der Waals surface area contributed by atoms with Crippen molar-refractivity contribution in [1.82, 2.24) is 14.3 Å². The van der Waals surface area contributed by atoms with E-state index in [2.05, 4.69) is 28.9 Å². The Morgan fingerprint density at radius 1 is 1.44 bits per heavy atom. The first-order valence-electron chi connectivity index (χ1n) is 6.21. The van der Waals surface area contributed by atoms with Gasteiger partial charge in [0, 0.05) is 18.9 Å². The van der Waals surface area contributed by atoms with Gasteiger partial charge in [-0.05, 0) is 31.5 Å². The lowest BCUT2D eigenvalue weighted by Gasteiger charge is -2.09. The molecule has 2 aromatic heterocycles. The second-order valence-electron chi connectivity index (χ2n) is 4.35. The maximum absolute atomic E-state index is 6.35. The minimum Gasteiger partial charge on any atom is -0.345 e. The zero-order chi connectivity index (χ0) is 13.1. The van der Waals surface area contributed by atoms with Gasteiger partial charge in [0.2, 0.25) is 0 Å². The molecule has 0 radical (unpaired) electrons. The first-order chi connectivity index (χ1) is 8.67. The summed E-state index contributed by atoms with van der Waals surface area (Å²) in [6.07, 6.45) is 3.79. The standard InChI is InChI=1S/C13H19ClN4/c1-3-11-13(14)12(17(2)16-11)9-18-8-4-5-10(18)6-7-15/h4-5,8H,3,6-7,9,15H2,1-2H3. The number of aryl methyl sites for hydroxylation is 2. The minimum absolute atomic E-state index is 0.656. The Morgan fingerprint density at radius 2 is 2.22 bits per heavy atom. The van der Waals surface area contributed by atoms with Crippen molar-refractivity contribution in [1.29, 1.82) is 0 Å². The van der Waals surface area contributed by atoms with E-state index in [1.165, 1.54) is 5.69 Å². The largest absolute Gasteiger partial charge is 0.345 e. The summed E-state index contributed by atoms with van der Waals surface area (Å²) in [5, 5.41) is 5.22. The average molecular weight is 267 g/mol. The van der Waals surface area contributed by atoms with Crippen LogP contribution in [-0.4, -0.2) is 20.9 Å². The van der Waals surface area contributed by atoms with Gasteiger partial charge >= 0.3 is 0 Å². The molecule has 0 aliphatic rings. The summed E-state index contributed by atoms with van der Waals surface area (Å²) in [5.74, 6) is 0. The van der Waals surface area contributed by atoms with Gasteiger partial charge in [-0.15, -0.1) is 0 Å². The smallest absolute Gasteiger partial charge is 0.0868 e. The van der Waals surface area contributed by atoms with Crippen molar-refractivity contribution in [2.24, 2.45) is 12.8 Å². The van der Waals surface area contributed by atoms with Crippen LogP contribution in [0.15, 0.2) is 18.3 Å². The molecule has 0 saturated heterocycles. The van der Waals surface area contributed by atoms with Crippen LogP contribution < -0.4 is 5.73 Å². The summed E-state index contributed by atoms with van der Waals surface area (Å²) in [6, 6.07) is 4.13. The molecule has 0 atom stereocenters. The number of halogens is 1. The lowest BCUT2D eigenvalue weighted by Crippen LogP contribution is -2.11. The highest BCUT2D eigenvalue weighted by Gasteiger charge is 2.13. The summed E-state index contributed by atoms with van der Waals surface area (Å²) < 4.78 is 4.04. The summed E-state index contributed by atoms with van der Waals surface area (Å²) in [6.45, 7) is 3.46. The molecule has 0 aliphatic carbocycles. The van der Waals surface area contributed by atoms with Crippen molar-refractivity contribution < 1.29 is 0 Å². The quantitative estimate of drug-likeness (QED) is 0.900. The van der Waals surface area contributed by atoms with Crippen molar-refractivity contribution in [3.8, 4) is 0 Å². The van der Waals surface area contributed by atoms with Gasteiger partial charge in [0.05, 0.1) is 23.0 Å². The maximum atomic E-state index is 6.35. The molecule has 2 aromatic rings. The monoisotopic (exact) mass is 266 g/mol. The van der Waals surface area contributed by atoms with Gasteiger partial charge in [-0.25, -0.2) is 0 Å². The molecule has 18 heavy (non-hydrogen) atoms. The Morgan fingerprint density at radius 3 is 2.83 bits per heavy atom. The first-order valence-corrected chi connectivity index (χ1v) is 6.59. The average Bonchev–Trinajstić information content (AvgIpc) is 2.89. The SMILES string of the molecule is CCc1nn(C)c(Cn2cccc2CCN)c1Cl. The summed E-state index contributed by atoms with van der Waals surface area (Å²) in [7, 11) is 1.94. The van der Waals surface area contributed by atoms with E-state index in [9.17, 15) is 0 Å². The van der Waals surface area contributed by atoms with Crippen LogP contribution in [-0.2, 0) is 26.4 Å². The Kier molecular flexibility index (Phi) is 4.09. The summed E-state index contributed by atoms with van der Waals surface area (Å²) >= 11 is 6.35. The molecular formula is C13H19ClN4. The highest BCUT2D eigenvalue weighted by molar-refractivity contribution is 6.31. The fourth-order valence-corrected chi connectivity index (χ4v) is 2.48. The van der Waals surface area contributed by atoms with Crippen LogP contribution in [0.4, 0.5) is 0 Å². The van der Waals surface area contributed by atoms with E-state index < -0.39 is 0 Å². The molecular weight excluding hydrogens is 248 g/mol. The number of rotatable bonds is 5. The van der Waals surface area contributed by atoms with Crippen molar-refractivity contribution >= 4 is 11.6 Å². The van der Waals surface area contributed by atoms with Crippen molar-refractivity contribution in [3.63, 3.8) is 0 Å². The Hall–Kier alpha value is -1.26. The molecule has 5 heteroatoms. The lowest BCUT2D eigenvalue weighted by molar-refractivity contribution is 0.645. The fourth-order valence-electron chi connectivity index (χ4n) is 2.13. The Balaban J connectivity index is 2.28. The first kappa shape index (κ1) is 13.2. The summed E-state index contributed by atoms with van der Waals surface area (Å²) in [5.41, 5.74) is 8.84. The molecule has 4 nitrogen and oxygen atoms in total.